The first-order valence-electron chi connectivity index (χ1n) is 8.12. The molecular weight excluding hydrogens is 453 g/mol. The van der Waals surface area contributed by atoms with Crippen LogP contribution >= 0.6 is 39.1 Å². The number of benzene rings is 2. The molecule has 0 aliphatic rings. The molecule has 1 atom stereocenters. The maximum absolute atomic E-state index is 12.4. The maximum atomic E-state index is 12.4. The molecule has 27 heavy (non-hydrogen) atoms. The summed E-state index contributed by atoms with van der Waals surface area (Å²) in [4.78, 5) is 24.9. The molecule has 1 unspecified atom stereocenters. The summed E-state index contributed by atoms with van der Waals surface area (Å²) in [5, 5.41) is 7.29. The van der Waals surface area contributed by atoms with Gasteiger partial charge in [-0.3, -0.25) is 9.59 Å². The highest BCUT2D eigenvalue weighted by Gasteiger charge is 2.24. The van der Waals surface area contributed by atoms with Gasteiger partial charge in [-0.1, -0.05) is 65.1 Å². The van der Waals surface area contributed by atoms with Crippen molar-refractivity contribution >= 4 is 57.2 Å². The Morgan fingerprint density at radius 3 is 2.48 bits per heavy atom. The number of hydrazone groups is 1. The molecular formula is C19H18BrCl2N3O2. The van der Waals surface area contributed by atoms with Gasteiger partial charge in [0, 0.05) is 10.0 Å². The summed E-state index contributed by atoms with van der Waals surface area (Å²) in [6.07, 6.45) is 1.53. The number of carbonyl (C=O) groups is 2. The number of halogens is 3. The molecule has 0 fully saturated rings. The summed E-state index contributed by atoms with van der Waals surface area (Å²) in [5.41, 5.74) is 3.61. The fourth-order valence-electron chi connectivity index (χ4n) is 2.22. The average molecular weight is 471 g/mol. The first-order chi connectivity index (χ1) is 12.8. The van der Waals surface area contributed by atoms with Crippen molar-refractivity contribution < 1.29 is 9.59 Å². The number of amides is 2. The van der Waals surface area contributed by atoms with Gasteiger partial charge in [-0.25, -0.2) is 5.43 Å². The molecule has 0 bridgehead atoms. The summed E-state index contributed by atoms with van der Waals surface area (Å²) in [6.45, 7) is 3.66. The highest BCUT2D eigenvalue weighted by Crippen LogP contribution is 2.22. The zero-order valence-electron chi connectivity index (χ0n) is 14.7. The predicted molar refractivity (Wildman–Crippen MR) is 112 cm³/mol. The van der Waals surface area contributed by atoms with Crippen LogP contribution in [0.5, 0.6) is 0 Å². The van der Waals surface area contributed by atoms with Gasteiger partial charge in [0.25, 0.3) is 11.8 Å². The minimum absolute atomic E-state index is 0.141. The lowest BCUT2D eigenvalue weighted by atomic mass is 10.0. The number of nitrogens with one attached hydrogen (secondary N) is 2. The lowest BCUT2D eigenvalue weighted by Gasteiger charge is -2.20. The molecule has 2 N–H and O–H groups in total. The van der Waals surface area contributed by atoms with Crippen LogP contribution in [0.4, 0.5) is 0 Å². The van der Waals surface area contributed by atoms with Gasteiger partial charge in [-0.05, 0) is 41.8 Å². The predicted octanol–water partition coefficient (Wildman–Crippen LogP) is 4.66. The molecule has 2 aromatic rings. The lowest BCUT2D eigenvalue weighted by molar-refractivity contribution is -0.123. The van der Waals surface area contributed by atoms with Crippen molar-refractivity contribution in [3.63, 3.8) is 0 Å². The quantitative estimate of drug-likeness (QED) is 0.476. The van der Waals surface area contributed by atoms with E-state index >= 15 is 0 Å². The Kier molecular flexibility index (Phi) is 7.83. The Hall–Kier alpha value is -1.89. The van der Waals surface area contributed by atoms with Gasteiger partial charge < -0.3 is 5.32 Å². The Labute approximate surface area is 176 Å². The van der Waals surface area contributed by atoms with E-state index in [1.807, 2.05) is 38.1 Å². The number of hydrogen-bond donors (Lipinski definition) is 2. The van der Waals surface area contributed by atoms with E-state index in [-0.39, 0.29) is 10.9 Å². The summed E-state index contributed by atoms with van der Waals surface area (Å²) in [6, 6.07) is 11.3. The van der Waals surface area contributed by atoms with Gasteiger partial charge in [0.1, 0.15) is 6.04 Å². The highest BCUT2D eigenvalue weighted by molar-refractivity contribution is 9.10. The van der Waals surface area contributed by atoms with Crippen LogP contribution in [-0.4, -0.2) is 24.1 Å². The van der Waals surface area contributed by atoms with Gasteiger partial charge in [0.15, 0.2) is 0 Å². The van der Waals surface area contributed by atoms with Crippen molar-refractivity contribution in [1.82, 2.24) is 10.7 Å². The van der Waals surface area contributed by atoms with E-state index in [1.165, 1.54) is 18.3 Å². The summed E-state index contributed by atoms with van der Waals surface area (Å²) >= 11 is 15.2. The molecule has 5 nitrogen and oxygen atoms in total. The monoisotopic (exact) mass is 469 g/mol. The Morgan fingerprint density at radius 1 is 1.11 bits per heavy atom. The first kappa shape index (κ1) is 21.4. The van der Waals surface area contributed by atoms with Crippen molar-refractivity contribution in [2.45, 2.75) is 19.9 Å². The van der Waals surface area contributed by atoms with E-state index in [1.54, 1.807) is 6.07 Å². The van der Waals surface area contributed by atoms with E-state index < -0.39 is 17.9 Å². The van der Waals surface area contributed by atoms with Gasteiger partial charge in [0.05, 0.1) is 16.3 Å². The van der Waals surface area contributed by atoms with Crippen LogP contribution in [0.1, 0.15) is 29.8 Å². The van der Waals surface area contributed by atoms with Crippen molar-refractivity contribution in [2.24, 2.45) is 11.0 Å². The number of nitrogens with zero attached hydrogens (tertiary/aromatic N) is 1. The maximum Gasteiger partial charge on any atom is 0.262 e. The second-order valence-corrected chi connectivity index (χ2v) is 7.84. The van der Waals surface area contributed by atoms with Gasteiger partial charge in [-0.15, -0.1) is 0 Å². The molecule has 2 amide bonds. The molecule has 142 valence electrons. The largest absolute Gasteiger partial charge is 0.340 e. The van der Waals surface area contributed by atoms with Gasteiger partial charge in [0.2, 0.25) is 0 Å². The Balaban J connectivity index is 2.03. The van der Waals surface area contributed by atoms with Crippen LogP contribution in [0, 0.1) is 5.92 Å². The molecule has 0 radical (unpaired) electrons. The summed E-state index contributed by atoms with van der Waals surface area (Å²) < 4.78 is 0.909. The Morgan fingerprint density at radius 2 is 1.85 bits per heavy atom. The zero-order chi connectivity index (χ0) is 20.0. The van der Waals surface area contributed by atoms with Gasteiger partial charge in [-0.2, -0.15) is 5.10 Å². The molecule has 0 aromatic heterocycles. The average Bonchev–Trinajstić information content (AvgIpc) is 2.61. The van der Waals surface area contributed by atoms with Crippen LogP contribution in [0.3, 0.4) is 0 Å². The van der Waals surface area contributed by atoms with E-state index in [2.05, 4.69) is 31.8 Å². The van der Waals surface area contributed by atoms with Crippen molar-refractivity contribution in [3.8, 4) is 0 Å². The Bertz CT molecular complexity index is 872. The van der Waals surface area contributed by atoms with Gasteiger partial charge >= 0.3 is 0 Å². The van der Waals surface area contributed by atoms with Crippen LogP contribution in [0.15, 0.2) is 52.0 Å². The van der Waals surface area contributed by atoms with E-state index in [9.17, 15) is 9.59 Å². The molecule has 0 saturated heterocycles. The third-order valence-corrected chi connectivity index (χ3v) is 4.89. The fraction of sp³-hybridized carbons (Fsp3) is 0.211. The first-order valence-corrected chi connectivity index (χ1v) is 9.67. The van der Waals surface area contributed by atoms with Crippen LogP contribution in [0.25, 0.3) is 0 Å². The minimum atomic E-state index is -0.758. The van der Waals surface area contributed by atoms with Crippen molar-refractivity contribution in [2.75, 3.05) is 0 Å². The normalized spacial score (nSPS) is 12.2. The molecule has 8 heteroatoms. The number of hydrogen-bond acceptors (Lipinski definition) is 3. The minimum Gasteiger partial charge on any atom is -0.340 e. The SMILES string of the molecule is CC(C)C(NC(=O)c1ccc(Cl)c(Cl)c1)C(=O)NN=Cc1cccc(Br)c1. The van der Waals surface area contributed by atoms with Crippen LogP contribution < -0.4 is 10.7 Å². The molecule has 0 spiro atoms. The molecule has 0 saturated carbocycles. The number of rotatable bonds is 6. The van der Waals surface area contributed by atoms with E-state index in [4.69, 9.17) is 23.2 Å². The van der Waals surface area contributed by atoms with E-state index in [0.717, 1.165) is 10.0 Å². The molecule has 2 aromatic carbocycles. The second-order valence-electron chi connectivity index (χ2n) is 6.11. The van der Waals surface area contributed by atoms with E-state index in [0.29, 0.717) is 10.6 Å². The molecule has 0 aliphatic heterocycles. The molecule has 2 rings (SSSR count). The molecule has 0 heterocycles. The van der Waals surface area contributed by atoms with Crippen LogP contribution in [0.2, 0.25) is 10.0 Å². The highest BCUT2D eigenvalue weighted by atomic mass is 79.9. The zero-order valence-corrected chi connectivity index (χ0v) is 17.8. The third kappa shape index (κ3) is 6.34. The standard InChI is InChI=1S/C19H18BrCl2N3O2/c1-11(2)17(24-18(26)13-6-7-15(21)16(22)9-13)19(27)25-23-10-12-4-3-5-14(20)8-12/h3-11,17H,1-2H3,(H,24,26)(H,25,27). The smallest absolute Gasteiger partial charge is 0.262 e. The fourth-order valence-corrected chi connectivity index (χ4v) is 2.94. The van der Waals surface area contributed by atoms with Crippen LogP contribution in [-0.2, 0) is 4.79 Å². The second kappa shape index (κ2) is 9.88. The summed E-state index contributed by atoms with van der Waals surface area (Å²) in [7, 11) is 0. The van der Waals surface area contributed by atoms with Crippen molar-refractivity contribution in [1.29, 1.82) is 0 Å². The third-order valence-electron chi connectivity index (χ3n) is 3.65. The molecule has 0 aliphatic carbocycles. The number of carbonyl (C=O) groups excluding carboxylic acids is 2. The summed E-state index contributed by atoms with van der Waals surface area (Å²) in [5.74, 6) is -0.971. The lowest BCUT2D eigenvalue weighted by Crippen LogP contribution is -2.48. The topological polar surface area (TPSA) is 70.6 Å². The van der Waals surface area contributed by atoms with Crippen molar-refractivity contribution in [3.05, 3.63) is 68.1 Å².